The van der Waals surface area contributed by atoms with Gasteiger partial charge in [-0.2, -0.15) is 0 Å². The average Bonchev–Trinajstić information content (AvgIpc) is 2.69. The van der Waals surface area contributed by atoms with Gasteiger partial charge in [-0.05, 0) is 37.3 Å². The number of benzene rings is 1. The van der Waals surface area contributed by atoms with Gasteiger partial charge in [-0.1, -0.05) is 30.3 Å². The van der Waals surface area contributed by atoms with Gasteiger partial charge in [0.15, 0.2) is 0 Å². The Kier molecular flexibility index (Phi) is 6.74. The third kappa shape index (κ3) is 4.87. The number of nitrogens with one attached hydrogen (secondary N) is 1. The molecule has 2 heterocycles. The minimum absolute atomic E-state index is 0.0372. The second kappa shape index (κ2) is 9.26. The summed E-state index contributed by atoms with van der Waals surface area (Å²) in [6, 6.07) is 8.53. The zero-order valence-corrected chi connectivity index (χ0v) is 17.0. The predicted octanol–water partition coefficient (Wildman–Crippen LogP) is 2.12. The Morgan fingerprint density at radius 1 is 1.21 bits per heavy atom. The molecule has 2 N–H and O–H groups in total. The number of aliphatic carboxylic acids is 1. The molecule has 1 saturated heterocycles. The van der Waals surface area contributed by atoms with Crippen molar-refractivity contribution in [2.24, 2.45) is 0 Å². The van der Waals surface area contributed by atoms with E-state index in [0.29, 0.717) is 37.0 Å². The molecule has 29 heavy (non-hydrogen) atoms. The maximum atomic E-state index is 12.6. The number of rotatable bonds is 9. The van der Waals surface area contributed by atoms with Crippen LogP contribution in [0.2, 0.25) is 0 Å². The number of amides is 2. The van der Waals surface area contributed by atoms with Crippen LogP contribution in [0.15, 0.2) is 41.6 Å². The predicted molar refractivity (Wildman–Crippen MR) is 109 cm³/mol. The smallest absolute Gasteiger partial charge is 0.352 e. The van der Waals surface area contributed by atoms with Crippen molar-refractivity contribution in [1.82, 2.24) is 10.2 Å². The second-order valence-corrected chi connectivity index (χ2v) is 8.39. The summed E-state index contributed by atoms with van der Waals surface area (Å²) in [5.41, 5.74) is 1.60. The van der Waals surface area contributed by atoms with Crippen LogP contribution in [0, 0.1) is 0 Å². The number of carboxylic acid groups (broad SMARTS) is 1. The first kappa shape index (κ1) is 21.1. The van der Waals surface area contributed by atoms with E-state index in [1.807, 2.05) is 30.3 Å². The number of fused-ring (bicyclic) bond motifs is 1. The molecule has 1 fully saturated rings. The number of carboxylic acids is 1. The van der Waals surface area contributed by atoms with Crippen LogP contribution >= 0.6 is 11.8 Å². The van der Waals surface area contributed by atoms with Crippen LogP contribution < -0.4 is 5.32 Å². The Labute approximate surface area is 173 Å². The molecule has 8 heteroatoms. The number of nitrogens with zero attached hydrogens (tertiary/aromatic N) is 1. The van der Waals surface area contributed by atoms with E-state index in [9.17, 15) is 24.3 Å². The van der Waals surface area contributed by atoms with Crippen molar-refractivity contribution >= 4 is 35.3 Å². The first-order valence-electron chi connectivity index (χ1n) is 9.61. The van der Waals surface area contributed by atoms with E-state index in [-0.39, 0.29) is 29.7 Å². The van der Waals surface area contributed by atoms with E-state index >= 15 is 0 Å². The van der Waals surface area contributed by atoms with Gasteiger partial charge in [0.05, 0.1) is 6.42 Å². The zero-order valence-electron chi connectivity index (χ0n) is 16.2. The quantitative estimate of drug-likeness (QED) is 0.472. The largest absolute Gasteiger partial charge is 0.477 e. The molecular weight excluding hydrogens is 392 g/mol. The number of thioether (sulfide) groups is 1. The van der Waals surface area contributed by atoms with E-state index in [1.165, 1.54) is 23.6 Å². The highest BCUT2D eigenvalue weighted by atomic mass is 32.2. The van der Waals surface area contributed by atoms with Gasteiger partial charge in [-0.3, -0.25) is 14.5 Å². The van der Waals surface area contributed by atoms with Crippen LogP contribution in [0.1, 0.15) is 38.2 Å². The summed E-state index contributed by atoms with van der Waals surface area (Å²) in [6.45, 7) is 1.54. The topological polar surface area (TPSA) is 104 Å². The summed E-state index contributed by atoms with van der Waals surface area (Å²) in [4.78, 5) is 49.1. The van der Waals surface area contributed by atoms with Gasteiger partial charge in [0.2, 0.25) is 5.91 Å². The van der Waals surface area contributed by atoms with Crippen molar-refractivity contribution in [3.8, 4) is 0 Å². The molecule has 2 aliphatic heterocycles. The Morgan fingerprint density at radius 2 is 1.93 bits per heavy atom. The van der Waals surface area contributed by atoms with Crippen LogP contribution in [0.5, 0.6) is 0 Å². The maximum Gasteiger partial charge on any atom is 0.352 e. The van der Waals surface area contributed by atoms with Gasteiger partial charge in [0.25, 0.3) is 5.91 Å². The Hall–Kier alpha value is -2.61. The van der Waals surface area contributed by atoms with E-state index in [4.69, 9.17) is 0 Å². The van der Waals surface area contributed by atoms with Gasteiger partial charge >= 0.3 is 5.97 Å². The number of carbonyl (C=O) groups excluding carboxylic acids is 3. The fourth-order valence-corrected chi connectivity index (χ4v) is 4.98. The Balaban J connectivity index is 1.62. The number of ketones is 1. The molecule has 0 aromatic heterocycles. The lowest BCUT2D eigenvalue weighted by molar-refractivity contribution is -0.150. The molecule has 0 bridgehead atoms. The van der Waals surface area contributed by atoms with Gasteiger partial charge in [-0.25, -0.2) is 4.79 Å². The molecule has 2 unspecified atom stereocenters. The Morgan fingerprint density at radius 3 is 2.59 bits per heavy atom. The minimum atomic E-state index is -1.13. The van der Waals surface area contributed by atoms with Gasteiger partial charge < -0.3 is 15.2 Å². The summed E-state index contributed by atoms with van der Waals surface area (Å²) in [5, 5.41) is 12.0. The molecule has 1 aromatic carbocycles. The molecule has 0 saturated carbocycles. The SMILES string of the molecule is CC(=O)CCCCC1=C(C(=O)O)N2C(=O)C(NC(=O)Cc3ccccc3)C2SC1. The maximum absolute atomic E-state index is 12.6. The van der Waals surface area contributed by atoms with Crippen molar-refractivity contribution in [1.29, 1.82) is 0 Å². The molecule has 2 aliphatic rings. The average molecular weight is 416 g/mol. The molecule has 1 aromatic rings. The minimum Gasteiger partial charge on any atom is -0.477 e. The molecule has 2 amide bonds. The van der Waals surface area contributed by atoms with Crippen molar-refractivity contribution in [3.05, 3.63) is 47.2 Å². The highest BCUT2D eigenvalue weighted by Gasteiger charge is 2.53. The van der Waals surface area contributed by atoms with Gasteiger partial charge in [0, 0.05) is 12.2 Å². The molecule has 3 rings (SSSR count). The monoisotopic (exact) mass is 416 g/mol. The van der Waals surface area contributed by atoms with Crippen molar-refractivity contribution in [2.45, 2.75) is 50.4 Å². The standard InChI is InChI=1S/C21H24N2O5S/c1-13(24)7-5-6-10-15-12-29-20-17(19(26)23(20)18(15)21(27)28)22-16(25)11-14-8-3-2-4-9-14/h2-4,8-9,17,20H,5-7,10-12H2,1H3,(H,22,25)(H,27,28). The molecule has 0 spiro atoms. The van der Waals surface area contributed by atoms with Crippen LogP contribution in [0.3, 0.4) is 0 Å². The zero-order chi connectivity index (χ0) is 21.0. The number of carbonyl (C=O) groups is 4. The molecular formula is C21H24N2O5S. The number of unbranched alkanes of at least 4 members (excludes halogenated alkanes) is 1. The van der Waals surface area contributed by atoms with E-state index in [0.717, 1.165) is 5.56 Å². The van der Waals surface area contributed by atoms with Crippen LogP contribution in [-0.2, 0) is 25.6 Å². The lowest BCUT2D eigenvalue weighted by Gasteiger charge is -2.49. The number of β-lactam (4-membered cyclic amide) rings is 1. The molecule has 7 nitrogen and oxygen atoms in total. The molecule has 2 atom stereocenters. The van der Waals surface area contributed by atoms with E-state index in [1.54, 1.807) is 0 Å². The molecule has 0 radical (unpaired) electrons. The number of hydrogen-bond acceptors (Lipinski definition) is 5. The Bertz CT molecular complexity index is 852. The van der Waals surface area contributed by atoms with Gasteiger partial charge in [0.1, 0.15) is 22.9 Å². The lowest BCUT2D eigenvalue weighted by Crippen LogP contribution is -2.70. The first-order valence-corrected chi connectivity index (χ1v) is 10.7. The van der Waals surface area contributed by atoms with Crippen LogP contribution in [0.25, 0.3) is 0 Å². The summed E-state index contributed by atoms with van der Waals surface area (Å²) >= 11 is 1.47. The van der Waals surface area contributed by atoms with Crippen molar-refractivity contribution in [2.75, 3.05) is 5.75 Å². The van der Waals surface area contributed by atoms with Crippen molar-refractivity contribution in [3.63, 3.8) is 0 Å². The number of Topliss-reactive ketones (excluding diaryl/α,β-unsaturated/α-hetero) is 1. The van der Waals surface area contributed by atoms with Crippen molar-refractivity contribution < 1.29 is 24.3 Å². The molecule has 154 valence electrons. The highest BCUT2D eigenvalue weighted by Crippen LogP contribution is 2.41. The first-order chi connectivity index (χ1) is 13.9. The third-order valence-electron chi connectivity index (χ3n) is 5.03. The summed E-state index contributed by atoms with van der Waals surface area (Å²) < 4.78 is 0. The summed E-state index contributed by atoms with van der Waals surface area (Å²) in [6.07, 6.45) is 2.60. The van der Waals surface area contributed by atoms with Gasteiger partial charge in [-0.15, -0.1) is 11.8 Å². The third-order valence-corrected chi connectivity index (χ3v) is 6.37. The molecule has 0 aliphatic carbocycles. The second-order valence-electron chi connectivity index (χ2n) is 7.28. The van der Waals surface area contributed by atoms with Crippen LogP contribution in [-0.4, -0.2) is 50.7 Å². The normalized spacial score (nSPS) is 20.7. The van der Waals surface area contributed by atoms with Crippen LogP contribution in [0.4, 0.5) is 0 Å². The fourth-order valence-electron chi connectivity index (χ4n) is 3.59. The number of hydrogen-bond donors (Lipinski definition) is 2. The lowest BCUT2D eigenvalue weighted by atomic mass is 9.99. The fraction of sp³-hybridized carbons (Fsp3) is 0.429. The summed E-state index contributed by atoms with van der Waals surface area (Å²) in [7, 11) is 0. The van der Waals surface area contributed by atoms with E-state index in [2.05, 4.69) is 5.32 Å². The summed E-state index contributed by atoms with van der Waals surface area (Å²) in [5.74, 6) is -1.16. The highest BCUT2D eigenvalue weighted by molar-refractivity contribution is 8.00. The van der Waals surface area contributed by atoms with E-state index < -0.39 is 17.4 Å².